The first-order chi connectivity index (χ1) is 15.3. The van der Waals surface area contributed by atoms with Crippen LogP contribution in [0, 0.1) is 18.3 Å². The number of para-hydroxylation sites is 1. The average molecular weight is 440 g/mol. The minimum Gasteiger partial charge on any atom is -0.493 e. The van der Waals surface area contributed by atoms with E-state index in [1.807, 2.05) is 34.7 Å². The molecule has 0 radical (unpaired) electrons. The highest BCUT2D eigenvalue weighted by Crippen LogP contribution is 2.57. The molecule has 0 bridgehead atoms. The van der Waals surface area contributed by atoms with Crippen LogP contribution in [0.1, 0.15) is 50.6 Å². The molecule has 7 heteroatoms. The fourth-order valence-electron chi connectivity index (χ4n) is 5.69. The fraction of sp³-hybridized carbons (Fsp3) is 0.600. The second-order valence-corrected chi connectivity index (χ2v) is 10.1. The SMILES string of the molecule is COc1cccc2c1OC(C)(C)[C@H]1CC3(CCN(C(=O)Cn4ccnc4C)CC3)CO[C@H]21. The Kier molecular flexibility index (Phi) is 5.19. The van der Waals surface area contributed by atoms with Gasteiger partial charge in [0, 0.05) is 37.0 Å². The molecule has 3 aliphatic heterocycles. The highest BCUT2D eigenvalue weighted by atomic mass is 16.5. The van der Waals surface area contributed by atoms with Crippen LogP contribution in [0.2, 0.25) is 0 Å². The third-order valence-electron chi connectivity index (χ3n) is 7.79. The molecule has 4 heterocycles. The van der Waals surface area contributed by atoms with Gasteiger partial charge in [0.1, 0.15) is 18.0 Å². The van der Waals surface area contributed by atoms with Gasteiger partial charge in [-0.05, 0) is 51.5 Å². The Morgan fingerprint density at radius 3 is 2.75 bits per heavy atom. The summed E-state index contributed by atoms with van der Waals surface area (Å²) >= 11 is 0. The highest BCUT2D eigenvalue weighted by Gasteiger charge is 2.53. The number of aromatic nitrogens is 2. The number of imidazole rings is 1. The minimum absolute atomic E-state index is 0.0124. The molecule has 7 nitrogen and oxygen atoms in total. The van der Waals surface area contributed by atoms with Crippen LogP contribution in [0.25, 0.3) is 0 Å². The number of methoxy groups -OCH3 is 1. The van der Waals surface area contributed by atoms with E-state index in [1.165, 1.54) is 0 Å². The summed E-state index contributed by atoms with van der Waals surface area (Å²) in [6.45, 7) is 8.89. The zero-order valence-electron chi connectivity index (χ0n) is 19.5. The summed E-state index contributed by atoms with van der Waals surface area (Å²) in [4.78, 5) is 19.0. The first kappa shape index (κ1) is 21.3. The van der Waals surface area contributed by atoms with Crippen molar-refractivity contribution in [1.82, 2.24) is 14.5 Å². The molecule has 0 unspecified atom stereocenters. The zero-order chi connectivity index (χ0) is 22.5. The van der Waals surface area contributed by atoms with Gasteiger partial charge >= 0.3 is 0 Å². The summed E-state index contributed by atoms with van der Waals surface area (Å²) in [6, 6.07) is 6.05. The number of aryl methyl sites for hydroxylation is 1. The lowest BCUT2D eigenvalue weighted by atomic mass is 9.64. The molecule has 2 atom stereocenters. The van der Waals surface area contributed by atoms with E-state index in [0.29, 0.717) is 6.54 Å². The monoisotopic (exact) mass is 439 g/mol. The van der Waals surface area contributed by atoms with Gasteiger partial charge in [-0.25, -0.2) is 4.98 Å². The number of amides is 1. The van der Waals surface area contributed by atoms with Gasteiger partial charge in [0.2, 0.25) is 5.91 Å². The van der Waals surface area contributed by atoms with Crippen LogP contribution >= 0.6 is 0 Å². The smallest absolute Gasteiger partial charge is 0.242 e. The van der Waals surface area contributed by atoms with Crippen molar-refractivity contribution < 1.29 is 19.0 Å². The first-order valence-corrected chi connectivity index (χ1v) is 11.5. The van der Waals surface area contributed by atoms with Crippen molar-refractivity contribution in [2.24, 2.45) is 11.3 Å². The van der Waals surface area contributed by atoms with Gasteiger partial charge in [-0.15, -0.1) is 0 Å². The summed E-state index contributed by atoms with van der Waals surface area (Å²) in [5.74, 6) is 2.87. The molecule has 3 aliphatic rings. The van der Waals surface area contributed by atoms with E-state index < -0.39 is 0 Å². The maximum absolute atomic E-state index is 12.8. The van der Waals surface area contributed by atoms with Gasteiger partial charge in [0.25, 0.3) is 0 Å². The van der Waals surface area contributed by atoms with Crippen LogP contribution in [-0.2, 0) is 16.1 Å². The number of ether oxygens (including phenoxy) is 3. The number of hydrogen-bond donors (Lipinski definition) is 0. The molecular weight excluding hydrogens is 406 g/mol. The Hall–Kier alpha value is -2.54. The molecule has 0 N–H and O–H groups in total. The van der Waals surface area contributed by atoms with Crippen LogP contribution in [0.15, 0.2) is 30.6 Å². The molecular formula is C25H33N3O4. The molecule has 2 fully saturated rings. The van der Waals surface area contributed by atoms with Gasteiger partial charge in [-0.2, -0.15) is 0 Å². The number of benzene rings is 1. The van der Waals surface area contributed by atoms with Crippen molar-refractivity contribution in [3.63, 3.8) is 0 Å². The Morgan fingerprint density at radius 2 is 2.06 bits per heavy atom. The van der Waals surface area contributed by atoms with Crippen molar-refractivity contribution in [1.29, 1.82) is 0 Å². The minimum atomic E-state index is -0.356. The van der Waals surface area contributed by atoms with E-state index in [4.69, 9.17) is 14.2 Å². The fourth-order valence-corrected chi connectivity index (χ4v) is 5.69. The standard InChI is InChI=1S/C25H33N3O4/c1-17-26-10-13-28(17)15-21(29)27-11-8-25(9-12-27)14-19-22(31-16-25)18-6-5-7-20(30-4)23(18)32-24(19,2)3/h5-7,10,13,19,22H,8-9,11-12,14-16H2,1-4H3/t19-,22+/m0/s1. The number of nitrogens with zero attached hydrogens (tertiary/aromatic N) is 3. The Morgan fingerprint density at radius 1 is 1.28 bits per heavy atom. The van der Waals surface area contributed by atoms with E-state index in [2.05, 4.69) is 24.9 Å². The molecule has 172 valence electrons. The van der Waals surface area contributed by atoms with Crippen molar-refractivity contribution in [3.8, 4) is 11.5 Å². The number of rotatable bonds is 3. The second kappa shape index (κ2) is 7.80. The van der Waals surface area contributed by atoms with Crippen LogP contribution in [-0.4, -0.2) is 52.8 Å². The molecule has 0 saturated carbocycles. The third kappa shape index (κ3) is 3.56. The van der Waals surface area contributed by atoms with Crippen molar-refractivity contribution in [3.05, 3.63) is 42.0 Å². The van der Waals surface area contributed by atoms with E-state index in [1.54, 1.807) is 13.3 Å². The summed E-state index contributed by atoms with van der Waals surface area (Å²) in [6.07, 6.45) is 6.59. The van der Waals surface area contributed by atoms with E-state index >= 15 is 0 Å². The lowest BCUT2D eigenvalue weighted by Gasteiger charge is -2.54. The van der Waals surface area contributed by atoms with Gasteiger partial charge in [0.15, 0.2) is 11.5 Å². The largest absolute Gasteiger partial charge is 0.493 e. The number of fused-ring (bicyclic) bond motifs is 3. The van der Waals surface area contributed by atoms with Crippen molar-refractivity contribution in [2.45, 2.75) is 58.3 Å². The molecule has 1 aromatic heterocycles. The van der Waals surface area contributed by atoms with Crippen LogP contribution in [0.3, 0.4) is 0 Å². The Labute approximate surface area is 189 Å². The molecule has 1 spiro atoms. The van der Waals surface area contributed by atoms with Gasteiger partial charge in [0.05, 0.1) is 19.8 Å². The predicted octanol–water partition coefficient (Wildman–Crippen LogP) is 3.76. The van der Waals surface area contributed by atoms with Crippen LogP contribution < -0.4 is 9.47 Å². The number of carbonyl (C=O) groups excluding carboxylic acids is 1. The second-order valence-electron chi connectivity index (χ2n) is 10.1. The maximum atomic E-state index is 12.8. The molecule has 5 rings (SSSR count). The van der Waals surface area contributed by atoms with E-state index in [9.17, 15) is 4.79 Å². The highest BCUT2D eigenvalue weighted by molar-refractivity contribution is 5.76. The van der Waals surface area contributed by atoms with Crippen molar-refractivity contribution in [2.75, 3.05) is 26.8 Å². The van der Waals surface area contributed by atoms with Crippen LogP contribution in [0.4, 0.5) is 0 Å². The molecule has 2 aromatic rings. The third-order valence-corrected chi connectivity index (χ3v) is 7.79. The first-order valence-electron chi connectivity index (χ1n) is 11.5. The number of piperidine rings is 1. The lowest BCUT2D eigenvalue weighted by molar-refractivity contribution is -0.176. The predicted molar refractivity (Wildman–Crippen MR) is 120 cm³/mol. The molecule has 1 amide bonds. The summed E-state index contributed by atoms with van der Waals surface area (Å²) in [5.41, 5.74) is 0.831. The quantitative estimate of drug-likeness (QED) is 0.729. The lowest BCUT2D eigenvalue weighted by Crippen LogP contribution is -2.55. The van der Waals surface area contributed by atoms with Gasteiger partial charge < -0.3 is 23.7 Å². The summed E-state index contributed by atoms with van der Waals surface area (Å²) < 4.78 is 20.5. The summed E-state index contributed by atoms with van der Waals surface area (Å²) in [7, 11) is 1.68. The normalized spacial score (nSPS) is 25.6. The zero-order valence-corrected chi connectivity index (χ0v) is 19.5. The Balaban J connectivity index is 1.29. The molecule has 32 heavy (non-hydrogen) atoms. The topological polar surface area (TPSA) is 65.8 Å². The number of carbonyl (C=O) groups is 1. The number of hydrogen-bond acceptors (Lipinski definition) is 5. The molecule has 2 saturated heterocycles. The average Bonchev–Trinajstić information content (AvgIpc) is 3.18. The molecule has 0 aliphatic carbocycles. The molecule has 1 aromatic carbocycles. The number of likely N-dealkylation sites (tertiary alicyclic amines) is 1. The van der Waals surface area contributed by atoms with Gasteiger partial charge in [-0.1, -0.05) is 12.1 Å². The summed E-state index contributed by atoms with van der Waals surface area (Å²) in [5, 5.41) is 0. The Bertz CT molecular complexity index is 1010. The van der Waals surface area contributed by atoms with Crippen LogP contribution in [0.5, 0.6) is 11.5 Å². The maximum Gasteiger partial charge on any atom is 0.242 e. The van der Waals surface area contributed by atoms with E-state index in [0.717, 1.165) is 61.8 Å². The van der Waals surface area contributed by atoms with Gasteiger partial charge in [-0.3, -0.25) is 4.79 Å². The van der Waals surface area contributed by atoms with Crippen molar-refractivity contribution >= 4 is 5.91 Å². The van der Waals surface area contributed by atoms with E-state index in [-0.39, 0.29) is 28.9 Å².